The summed E-state index contributed by atoms with van der Waals surface area (Å²) in [5.41, 5.74) is 1.21. The molecule has 0 spiro atoms. The second-order valence-corrected chi connectivity index (χ2v) is 6.74. The molecule has 1 fully saturated rings. The van der Waals surface area contributed by atoms with E-state index < -0.39 is 5.41 Å². The quantitative estimate of drug-likeness (QED) is 0.810. The Kier molecular flexibility index (Phi) is 4.66. The molecule has 5 nitrogen and oxygen atoms in total. The van der Waals surface area contributed by atoms with E-state index in [1.165, 1.54) is 7.11 Å². The minimum absolute atomic E-state index is 0.211. The molecule has 0 atom stereocenters. The van der Waals surface area contributed by atoms with Gasteiger partial charge in [-0.2, -0.15) is 0 Å². The van der Waals surface area contributed by atoms with Crippen molar-refractivity contribution < 1.29 is 14.3 Å². The van der Waals surface area contributed by atoms with E-state index >= 15 is 0 Å². The van der Waals surface area contributed by atoms with Gasteiger partial charge in [0.05, 0.1) is 24.7 Å². The lowest BCUT2D eigenvalue weighted by Crippen LogP contribution is -2.43. The molecule has 1 aliphatic carbocycles. The molecule has 1 heterocycles. The maximum Gasteiger partial charge on any atom is 0.317 e. The van der Waals surface area contributed by atoms with Gasteiger partial charge in [-0.1, -0.05) is 28.4 Å². The molecule has 1 aromatic carbocycles. The number of hydrogen-bond acceptors (Lipinski definition) is 4. The first-order valence-electron chi connectivity index (χ1n) is 7.67. The fourth-order valence-electron chi connectivity index (χ4n) is 2.87. The number of carbonyl (C=O) groups excluding carboxylic acids is 2. The number of nitrogens with one attached hydrogen (secondary N) is 1. The minimum Gasteiger partial charge on any atom is -0.468 e. The first kappa shape index (κ1) is 16.6. The lowest BCUT2D eigenvalue weighted by molar-refractivity contribution is -0.151. The number of carbonyl (C=O) groups is 2. The lowest BCUT2D eigenvalue weighted by atomic mass is 9.66. The van der Waals surface area contributed by atoms with Crippen molar-refractivity contribution >= 4 is 33.5 Å². The average molecular weight is 389 g/mol. The third kappa shape index (κ3) is 3.06. The summed E-state index contributed by atoms with van der Waals surface area (Å²) in [7, 11) is 1.40. The number of ether oxygens (including phenoxy) is 1. The Labute approximate surface area is 148 Å². The van der Waals surface area contributed by atoms with Crippen LogP contribution in [0.15, 0.2) is 47.1 Å². The monoisotopic (exact) mass is 388 g/mol. The van der Waals surface area contributed by atoms with Crippen molar-refractivity contribution in [3.63, 3.8) is 0 Å². The Balaban J connectivity index is 1.75. The van der Waals surface area contributed by atoms with Crippen LogP contribution in [-0.4, -0.2) is 24.0 Å². The van der Waals surface area contributed by atoms with Gasteiger partial charge in [0, 0.05) is 10.0 Å². The molecule has 24 heavy (non-hydrogen) atoms. The van der Waals surface area contributed by atoms with Crippen LogP contribution in [0.4, 0.5) is 5.69 Å². The molecule has 1 aliphatic rings. The topological polar surface area (TPSA) is 68.3 Å². The van der Waals surface area contributed by atoms with Crippen LogP contribution in [0.5, 0.6) is 0 Å². The van der Waals surface area contributed by atoms with Crippen LogP contribution in [0.2, 0.25) is 0 Å². The van der Waals surface area contributed by atoms with E-state index in [0.717, 1.165) is 23.7 Å². The van der Waals surface area contributed by atoms with E-state index in [4.69, 9.17) is 4.74 Å². The molecule has 1 N–H and O–H groups in total. The molecule has 2 aromatic rings. The van der Waals surface area contributed by atoms with Gasteiger partial charge in [0.1, 0.15) is 5.41 Å². The van der Waals surface area contributed by atoms with Gasteiger partial charge in [0.25, 0.3) is 5.91 Å². The molecule has 1 saturated carbocycles. The van der Waals surface area contributed by atoms with Crippen LogP contribution in [0.3, 0.4) is 0 Å². The number of amides is 1. The summed E-state index contributed by atoms with van der Waals surface area (Å²) in [6.07, 6.45) is 4.05. The van der Waals surface area contributed by atoms with Crippen LogP contribution in [0, 0.1) is 0 Å². The van der Waals surface area contributed by atoms with Crippen molar-refractivity contribution in [1.29, 1.82) is 0 Å². The van der Waals surface area contributed by atoms with E-state index in [9.17, 15) is 9.59 Å². The molecular formula is C18H17BrN2O3. The summed E-state index contributed by atoms with van der Waals surface area (Å²) < 4.78 is 5.76. The normalized spacial score (nSPS) is 15.2. The van der Waals surface area contributed by atoms with Crippen LogP contribution >= 0.6 is 15.9 Å². The highest BCUT2D eigenvalue weighted by Gasteiger charge is 2.48. The second kappa shape index (κ2) is 6.73. The van der Waals surface area contributed by atoms with E-state index in [-0.39, 0.29) is 11.9 Å². The molecule has 0 unspecified atom stereocenters. The predicted molar refractivity (Wildman–Crippen MR) is 93.9 cm³/mol. The first-order chi connectivity index (χ1) is 11.5. The SMILES string of the molecule is COC(=O)C1(c2ccc(NC(=O)c3cccc(Br)c3)cn2)CCC1. The largest absolute Gasteiger partial charge is 0.468 e. The Morgan fingerprint density at radius 3 is 2.58 bits per heavy atom. The third-order valence-electron chi connectivity index (χ3n) is 4.38. The molecule has 0 aliphatic heterocycles. The number of benzene rings is 1. The van der Waals surface area contributed by atoms with Gasteiger partial charge in [-0.05, 0) is 43.2 Å². The lowest BCUT2D eigenvalue weighted by Gasteiger charge is -2.38. The number of methoxy groups -OCH3 is 1. The standard InChI is InChI=1S/C18H17BrN2O3/c1-24-17(23)18(8-3-9-18)15-7-6-14(11-20-15)21-16(22)12-4-2-5-13(19)10-12/h2,4-7,10-11H,3,8-9H2,1H3,(H,21,22). The van der Waals surface area contributed by atoms with Crippen molar-refractivity contribution in [2.45, 2.75) is 24.7 Å². The summed E-state index contributed by atoms with van der Waals surface area (Å²) in [6, 6.07) is 10.7. The van der Waals surface area contributed by atoms with Crippen molar-refractivity contribution in [3.8, 4) is 0 Å². The number of nitrogens with zero attached hydrogens (tertiary/aromatic N) is 1. The summed E-state index contributed by atoms with van der Waals surface area (Å²) in [5.74, 6) is -0.454. The highest BCUT2D eigenvalue weighted by Crippen LogP contribution is 2.43. The van der Waals surface area contributed by atoms with Gasteiger partial charge >= 0.3 is 5.97 Å². The number of pyridine rings is 1. The average Bonchev–Trinajstić information content (AvgIpc) is 2.55. The van der Waals surface area contributed by atoms with Crippen LogP contribution in [0.1, 0.15) is 35.3 Å². The molecular weight excluding hydrogens is 372 g/mol. The van der Waals surface area contributed by atoms with E-state index in [2.05, 4.69) is 26.2 Å². The molecule has 124 valence electrons. The zero-order valence-electron chi connectivity index (χ0n) is 13.2. The third-order valence-corrected chi connectivity index (χ3v) is 4.87. The van der Waals surface area contributed by atoms with Crippen LogP contribution in [0.25, 0.3) is 0 Å². The van der Waals surface area contributed by atoms with Crippen LogP contribution < -0.4 is 5.32 Å². The van der Waals surface area contributed by atoms with E-state index in [0.29, 0.717) is 16.9 Å². The number of hydrogen-bond donors (Lipinski definition) is 1. The highest BCUT2D eigenvalue weighted by atomic mass is 79.9. The molecule has 3 rings (SSSR count). The first-order valence-corrected chi connectivity index (χ1v) is 8.46. The predicted octanol–water partition coefficient (Wildman–Crippen LogP) is 3.69. The van der Waals surface area contributed by atoms with Gasteiger partial charge in [-0.15, -0.1) is 0 Å². The fourth-order valence-corrected chi connectivity index (χ4v) is 3.27. The maximum atomic E-state index is 12.2. The summed E-state index contributed by atoms with van der Waals surface area (Å²) >= 11 is 3.35. The summed E-state index contributed by atoms with van der Waals surface area (Å²) in [5, 5.41) is 2.80. The highest BCUT2D eigenvalue weighted by molar-refractivity contribution is 9.10. The van der Waals surface area contributed by atoms with Crippen molar-refractivity contribution in [1.82, 2.24) is 4.98 Å². The molecule has 0 saturated heterocycles. The van der Waals surface area contributed by atoms with Crippen molar-refractivity contribution in [3.05, 3.63) is 58.3 Å². The fraction of sp³-hybridized carbons (Fsp3) is 0.278. The number of halogens is 1. The van der Waals surface area contributed by atoms with Crippen molar-refractivity contribution in [2.24, 2.45) is 0 Å². The molecule has 0 radical (unpaired) electrons. The summed E-state index contributed by atoms with van der Waals surface area (Å²) in [6.45, 7) is 0. The zero-order valence-corrected chi connectivity index (χ0v) is 14.8. The van der Waals surface area contributed by atoms with Gasteiger partial charge in [0.2, 0.25) is 0 Å². The Morgan fingerprint density at radius 1 is 1.25 bits per heavy atom. The number of anilines is 1. The van der Waals surface area contributed by atoms with Gasteiger partial charge < -0.3 is 10.1 Å². The van der Waals surface area contributed by atoms with Gasteiger partial charge in [-0.25, -0.2) is 0 Å². The van der Waals surface area contributed by atoms with Crippen molar-refractivity contribution in [2.75, 3.05) is 12.4 Å². The van der Waals surface area contributed by atoms with E-state index in [1.54, 1.807) is 36.5 Å². The van der Waals surface area contributed by atoms with Crippen LogP contribution in [-0.2, 0) is 14.9 Å². The minimum atomic E-state index is -0.623. The molecule has 0 bridgehead atoms. The Morgan fingerprint density at radius 2 is 2.04 bits per heavy atom. The van der Waals surface area contributed by atoms with Gasteiger partial charge in [0.15, 0.2) is 0 Å². The number of aromatic nitrogens is 1. The summed E-state index contributed by atoms with van der Waals surface area (Å²) in [4.78, 5) is 28.7. The number of esters is 1. The smallest absolute Gasteiger partial charge is 0.317 e. The zero-order chi connectivity index (χ0) is 17.2. The maximum absolute atomic E-state index is 12.2. The Hall–Kier alpha value is -2.21. The van der Waals surface area contributed by atoms with E-state index in [1.807, 2.05) is 6.07 Å². The Bertz CT molecular complexity index is 770. The van der Waals surface area contributed by atoms with Gasteiger partial charge in [-0.3, -0.25) is 14.6 Å². The second-order valence-electron chi connectivity index (χ2n) is 5.82. The molecule has 6 heteroatoms. The molecule has 1 aromatic heterocycles. The number of rotatable bonds is 4. The molecule has 1 amide bonds.